The Bertz CT molecular complexity index is 933. The zero-order valence-electron chi connectivity index (χ0n) is 15.1. The van der Waals surface area contributed by atoms with Gasteiger partial charge in [-0.05, 0) is 53.3 Å². The van der Waals surface area contributed by atoms with Gasteiger partial charge in [-0.25, -0.2) is 8.78 Å². The lowest BCUT2D eigenvalue weighted by atomic mass is 9.98. The first-order valence-corrected chi connectivity index (χ1v) is 9.07. The minimum Gasteiger partial charge on any atom is -0.505 e. The highest BCUT2D eigenvalue weighted by Crippen LogP contribution is 2.31. The van der Waals surface area contributed by atoms with E-state index < -0.39 is 17.4 Å². The van der Waals surface area contributed by atoms with Crippen molar-refractivity contribution in [3.05, 3.63) is 77.6 Å². The minimum absolute atomic E-state index is 0.0642. The van der Waals surface area contributed by atoms with Gasteiger partial charge in [0.2, 0.25) is 5.82 Å². The molecule has 0 spiro atoms. The van der Waals surface area contributed by atoms with Crippen molar-refractivity contribution in [1.82, 2.24) is 0 Å². The van der Waals surface area contributed by atoms with E-state index in [4.69, 9.17) is 0 Å². The zero-order chi connectivity index (χ0) is 19.4. The lowest BCUT2D eigenvalue weighted by molar-refractivity contribution is 0.408. The number of benzene rings is 3. The highest BCUT2D eigenvalue weighted by molar-refractivity contribution is 5.71. The van der Waals surface area contributed by atoms with Crippen LogP contribution in [-0.4, -0.2) is 5.11 Å². The third-order valence-corrected chi connectivity index (χ3v) is 4.69. The van der Waals surface area contributed by atoms with E-state index >= 15 is 0 Å². The largest absolute Gasteiger partial charge is 0.505 e. The van der Waals surface area contributed by atoms with E-state index in [1.54, 1.807) is 24.3 Å². The van der Waals surface area contributed by atoms with E-state index in [9.17, 15) is 18.3 Å². The second-order valence-corrected chi connectivity index (χ2v) is 6.60. The van der Waals surface area contributed by atoms with E-state index in [1.807, 2.05) is 12.1 Å². The van der Waals surface area contributed by atoms with Crippen molar-refractivity contribution < 1.29 is 18.3 Å². The molecule has 0 aromatic heterocycles. The van der Waals surface area contributed by atoms with Gasteiger partial charge in [-0.2, -0.15) is 4.39 Å². The summed E-state index contributed by atoms with van der Waals surface area (Å²) in [4.78, 5) is 0. The zero-order valence-corrected chi connectivity index (χ0v) is 15.1. The number of aromatic hydroxyl groups is 1. The molecular formula is C23H21F3O. The van der Waals surface area contributed by atoms with Gasteiger partial charge in [-0.3, -0.25) is 0 Å². The highest BCUT2D eigenvalue weighted by atomic mass is 19.2. The van der Waals surface area contributed by atoms with Crippen molar-refractivity contribution in [3.8, 4) is 28.0 Å². The minimum atomic E-state index is -1.27. The second-order valence-electron chi connectivity index (χ2n) is 6.60. The van der Waals surface area contributed by atoms with E-state index in [-0.39, 0.29) is 11.4 Å². The van der Waals surface area contributed by atoms with Crippen LogP contribution >= 0.6 is 0 Å². The average Bonchev–Trinajstić information content (AvgIpc) is 2.68. The Hall–Kier alpha value is -2.75. The predicted octanol–water partition coefficient (Wildman–Crippen LogP) is 6.88. The number of aryl methyl sites for hydroxylation is 1. The molecule has 1 nitrogen and oxygen atoms in total. The summed E-state index contributed by atoms with van der Waals surface area (Å²) in [6, 6.07) is 14.4. The van der Waals surface area contributed by atoms with E-state index in [0.29, 0.717) is 11.1 Å². The van der Waals surface area contributed by atoms with Gasteiger partial charge < -0.3 is 5.11 Å². The van der Waals surface area contributed by atoms with E-state index in [1.165, 1.54) is 12.1 Å². The van der Waals surface area contributed by atoms with Crippen LogP contribution in [0.1, 0.15) is 31.7 Å². The fourth-order valence-electron chi connectivity index (χ4n) is 3.10. The Balaban J connectivity index is 1.83. The first-order chi connectivity index (χ1) is 13.0. The Kier molecular flexibility index (Phi) is 5.84. The normalized spacial score (nSPS) is 11.0. The molecule has 0 saturated heterocycles. The quantitative estimate of drug-likeness (QED) is 0.469. The summed E-state index contributed by atoms with van der Waals surface area (Å²) < 4.78 is 41.9. The van der Waals surface area contributed by atoms with Crippen molar-refractivity contribution >= 4 is 0 Å². The van der Waals surface area contributed by atoms with E-state index in [0.717, 1.165) is 42.9 Å². The highest BCUT2D eigenvalue weighted by Gasteiger charge is 2.14. The lowest BCUT2D eigenvalue weighted by Gasteiger charge is -2.09. The molecule has 3 aromatic carbocycles. The van der Waals surface area contributed by atoms with Crippen LogP contribution < -0.4 is 0 Å². The average molecular weight is 370 g/mol. The van der Waals surface area contributed by atoms with E-state index in [2.05, 4.69) is 6.92 Å². The molecule has 0 atom stereocenters. The summed E-state index contributed by atoms with van der Waals surface area (Å²) in [7, 11) is 0. The van der Waals surface area contributed by atoms with Gasteiger partial charge in [-0.1, -0.05) is 56.2 Å². The maximum Gasteiger partial charge on any atom is 0.200 e. The Labute approximate surface area is 157 Å². The third kappa shape index (κ3) is 4.16. The summed E-state index contributed by atoms with van der Waals surface area (Å²) in [5.41, 5.74) is 2.78. The molecule has 0 heterocycles. The van der Waals surface area contributed by atoms with Gasteiger partial charge in [0, 0.05) is 5.56 Å². The number of rotatable bonds is 6. The third-order valence-electron chi connectivity index (χ3n) is 4.69. The molecule has 0 unspecified atom stereocenters. The van der Waals surface area contributed by atoms with Crippen LogP contribution in [0.25, 0.3) is 22.3 Å². The maximum absolute atomic E-state index is 14.3. The summed E-state index contributed by atoms with van der Waals surface area (Å²) in [6.07, 6.45) is 3.87. The fraction of sp³-hybridized carbons (Fsp3) is 0.217. The van der Waals surface area contributed by atoms with Gasteiger partial charge in [0.25, 0.3) is 0 Å². The summed E-state index contributed by atoms with van der Waals surface area (Å²) >= 11 is 0. The maximum atomic E-state index is 14.3. The first kappa shape index (κ1) is 19.0. The van der Waals surface area contributed by atoms with Crippen LogP contribution in [0.2, 0.25) is 0 Å². The van der Waals surface area contributed by atoms with Crippen LogP contribution in [0.3, 0.4) is 0 Å². The fourth-order valence-corrected chi connectivity index (χ4v) is 3.10. The first-order valence-electron chi connectivity index (χ1n) is 9.07. The number of phenolic OH excluding ortho intramolecular Hbond substituents is 1. The SMILES string of the molecule is CCCCCc1ccc(-c2ccc(-c3ccc(O)c(F)c3F)cc2)cc1F. The molecule has 3 aromatic rings. The molecule has 0 radical (unpaired) electrons. The monoisotopic (exact) mass is 370 g/mol. The molecule has 0 aliphatic carbocycles. The number of halogens is 3. The topological polar surface area (TPSA) is 20.2 Å². The van der Waals surface area contributed by atoms with Crippen LogP contribution in [0.15, 0.2) is 54.6 Å². The molecule has 140 valence electrons. The molecule has 0 saturated carbocycles. The standard InChI is InChI=1S/C23H21F3O/c1-2-3-4-5-17-10-11-18(14-20(17)24)15-6-8-16(9-7-15)19-12-13-21(27)23(26)22(19)25/h6-14,27H,2-5H2,1H3. The van der Waals surface area contributed by atoms with Crippen molar-refractivity contribution in [1.29, 1.82) is 0 Å². The summed E-state index contributed by atoms with van der Waals surface area (Å²) in [5, 5.41) is 9.23. The smallest absolute Gasteiger partial charge is 0.200 e. The van der Waals surface area contributed by atoms with Crippen molar-refractivity contribution in [2.45, 2.75) is 32.6 Å². The molecule has 3 rings (SSSR count). The summed E-state index contributed by atoms with van der Waals surface area (Å²) in [6.45, 7) is 2.11. The Morgan fingerprint density at radius 3 is 2.07 bits per heavy atom. The van der Waals surface area contributed by atoms with Crippen LogP contribution in [0, 0.1) is 17.5 Å². The molecule has 4 heteroatoms. The molecule has 0 amide bonds. The van der Waals surface area contributed by atoms with Crippen molar-refractivity contribution in [3.63, 3.8) is 0 Å². The number of hydrogen-bond donors (Lipinski definition) is 1. The molecule has 0 aliphatic heterocycles. The molecule has 0 aliphatic rings. The number of phenols is 1. The molecular weight excluding hydrogens is 349 g/mol. The second kappa shape index (κ2) is 8.30. The molecule has 0 fully saturated rings. The Morgan fingerprint density at radius 1 is 0.741 bits per heavy atom. The van der Waals surface area contributed by atoms with Gasteiger partial charge in [0.15, 0.2) is 11.6 Å². The van der Waals surface area contributed by atoms with Crippen LogP contribution in [-0.2, 0) is 6.42 Å². The van der Waals surface area contributed by atoms with Crippen molar-refractivity contribution in [2.24, 2.45) is 0 Å². The van der Waals surface area contributed by atoms with Crippen molar-refractivity contribution in [2.75, 3.05) is 0 Å². The van der Waals surface area contributed by atoms with Gasteiger partial charge in [0.1, 0.15) is 5.82 Å². The predicted molar refractivity (Wildman–Crippen MR) is 102 cm³/mol. The number of unbranched alkanes of at least 4 members (excludes halogenated alkanes) is 2. The summed E-state index contributed by atoms with van der Waals surface area (Å²) in [5.74, 6) is -3.30. The van der Waals surface area contributed by atoms with Gasteiger partial charge in [-0.15, -0.1) is 0 Å². The van der Waals surface area contributed by atoms with Crippen LogP contribution in [0.5, 0.6) is 5.75 Å². The molecule has 0 bridgehead atoms. The Morgan fingerprint density at radius 2 is 1.41 bits per heavy atom. The van der Waals surface area contributed by atoms with Gasteiger partial charge in [0.05, 0.1) is 0 Å². The van der Waals surface area contributed by atoms with Crippen LogP contribution in [0.4, 0.5) is 13.2 Å². The lowest BCUT2D eigenvalue weighted by Crippen LogP contribution is -1.92. The van der Waals surface area contributed by atoms with Gasteiger partial charge >= 0.3 is 0 Å². The molecule has 27 heavy (non-hydrogen) atoms. The molecule has 1 N–H and O–H groups in total. The number of hydrogen-bond acceptors (Lipinski definition) is 1.